The number of hydrogen-bond donors (Lipinski definition) is 2. The van der Waals surface area contributed by atoms with Crippen LogP contribution < -0.4 is 4.72 Å². The number of hydrogen-bond acceptors (Lipinski definition) is 5. The van der Waals surface area contributed by atoms with E-state index < -0.39 is 10.0 Å². The smallest absolute Gasteiger partial charge is 0.250 e. The Bertz CT molecular complexity index is 534. The van der Waals surface area contributed by atoms with Crippen molar-refractivity contribution < 1.29 is 13.5 Å². The first-order chi connectivity index (χ1) is 10.0. The molecule has 1 saturated heterocycles. The van der Waals surface area contributed by atoms with Crippen molar-refractivity contribution in [2.24, 2.45) is 5.92 Å². The quantitative estimate of drug-likeness (QED) is 0.789. The Balaban J connectivity index is 1.80. The Labute approximate surface area is 131 Å². The molecule has 0 spiro atoms. The lowest BCUT2D eigenvalue weighted by molar-refractivity contribution is 0.213. The number of rotatable bonds is 7. The maximum Gasteiger partial charge on any atom is 0.250 e. The second-order valence-corrected chi connectivity index (χ2v) is 8.79. The molecule has 2 N–H and O–H groups in total. The van der Waals surface area contributed by atoms with Crippen LogP contribution in [0.2, 0.25) is 0 Å². The van der Waals surface area contributed by atoms with Gasteiger partial charge in [0.25, 0.3) is 0 Å². The van der Waals surface area contributed by atoms with Crippen LogP contribution in [0.3, 0.4) is 0 Å². The van der Waals surface area contributed by atoms with Crippen LogP contribution in [0.15, 0.2) is 16.3 Å². The zero-order chi connectivity index (χ0) is 15.3. The van der Waals surface area contributed by atoms with Gasteiger partial charge in [-0.25, -0.2) is 13.1 Å². The fourth-order valence-corrected chi connectivity index (χ4v) is 5.00. The number of piperidine rings is 1. The number of nitrogens with zero attached hydrogens (tertiary/aromatic N) is 1. The predicted molar refractivity (Wildman–Crippen MR) is 85.1 cm³/mol. The Hall–Kier alpha value is -0.470. The second kappa shape index (κ2) is 7.69. The van der Waals surface area contributed by atoms with Crippen molar-refractivity contribution in [1.82, 2.24) is 9.62 Å². The molecule has 21 heavy (non-hydrogen) atoms. The third-order valence-corrected chi connectivity index (χ3v) is 7.04. The Kier molecular flexibility index (Phi) is 6.19. The lowest BCUT2D eigenvalue weighted by atomic mass is 9.94. The first-order valence-electron chi connectivity index (χ1n) is 7.39. The van der Waals surface area contributed by atoms with Gasteiger partial charge in [0.1, 0.15) is 4.21 Å². The summed E-state index contributed by atoms with van der Waals surface area (Å²) in [6.45, 7) is 2.76. The molecule has 0 radical (unpaired) electrons. The SMILES string of the molecule is CN1CCC(CCNS(=O)(=O)c2ccc(CCO)s2)CC1. The van der Waals surface area contributed by atoms with Crippen molar-refractivity contribution in [2.75, 3.05) is 33.3 Å². The van der Waals surface area contributed by atoms with E-state index >= 15 is 0 Å². The third-order valence-electron chi connectivity index (χ3n) is 3.94. The van der Waals surface area contributed by atoms with E-state index in [0.717, 1.165) is 37.2 Å². The topological polar surface area (TPSA) is 69.6 Å². The summed E-state index contributed by atoms with van der Waals surface area (Å²) in [5, 5.41) is 8.87. The number of aliphatic hydroxyl groups is 1. The highest BCUT2D eigenvalue weighted by Gasteiger charge is 2.19. The normalized spacial score (nSPS) is 18.2. The molecule has 120 valence electrons. The summed E-state index contributed by atoms with van der Waals surface area (Å²) in [5.41, 5.74) is 0. The summed E-state index contributed by atoms with van der Waals surface area (Å²) < 4.78 is 27.4. The minimum absolute atomic E-state index is 0.0452. The lowest BCUT2D eigenvalue weighted by Crippen LogP contribution is -2.32. The third kappa shape index (κ3) is 5.03. The van der Waals surface area contributed by atoms with Crippen LogP contribution in [0, 0.1) is 5.92 Å². The highest BCUT2D eigenvalue weighted by molar-refractivity contribution is 7.91. The fraction of sp³-hybridized carbons (Fsp3) is 0.714. The van der Waals surface area contributed by atoms with Crippen molar-refractivity contribution >= 4 is 21.4 Å². The lowest BCUT2D eigenvalue weighted by Gasteiger charge is -2.28. The molecule has 0 atom stereocenters. The number of thiophene rings is 1. The van der Waals surface area contributed by atoms with Crippen LogP contribution in [0.5, 0.6) is 0 Å². The summed E-state index contributed by atoms with van der Waals surface area (Å²) in [6.07, 6.45) is 3.72. The summed E-state index contributed by atoms with van der Waals surface area (Å²) in [4.78, 5) is 3.21. The maximum atomic E-state index is 12.2. The van der Waals surface area contributed by atoms with Gasteiger partial charge in [-0.3, -0.25) is 0 Å². The van der Waals surface area contributed by atoms with Crippen LogP contribution in [0.1, 0.15) is 24.1 Å². The van der Waals surface area contributed by atoms with Gasteiger partial charge in [-0.15, -0.1) is 11.3 Å². The predicted octanol–water partition coefficient (Wildman–Crippen LogP) is 1.29. The molecule has 1 aromatic heterocycles. The van der Waals surface area contributed by atoms with Crippen LogP contribution in [-0.4, -0.2) is 51.7 Å². The highest BCUT2D eigenvalue weighted by Crippen LogP contribution is 2.23. The second-order valence-electron chi connectivity index (χ2n) is 5.63. The molecule has 5 nitrogen and oxygen atoms in total. The highest BCUT2D eigenvalue weighted by atomic mass is 32.2. The molecule has 1 aromatic rings. The molecule has 1 aliphatic heterocycles. The van der Waals surface area contributed by atoms with Crippen molar-refractivity contribution in [1.29, 1.82) is 0 Å². The molecule has 0 aromatic carbocycles. The van der Waals surface area contributed by atoms with Gasteiger partial charge in [-0.1, -0.05) is 0 Å². The zero-order valence-corrected chi connectivity index (χ0v) is 14.0. The summed E-state index contributed by atoms with van der Waals surface area (Å²) >= 11 is 1.23. The van der Waals surface area contributed by atoms with E-state index in [4.69, 9.17) is 5.11 Å². The number of nitrogens with one attached hydrogen (secondary N) is 1. The number of likely N-dealkylation sites (tertiary alicyclic amines) is 1. The van der Waals surface area contributed by atoms with Crippen molar-refractivity contribution in [3.8, 4) is 0 Å². The van der Waals surface area contributed by atoms with Gasteiger partial charge in [0.05, 0.1) is 0 Å². The molecule has 0 bridgehead atoms. The van der Waals surface area contributed by atoms with Crippen LogP contribution in [0.25, 0.3) is 0 Å². The van der Waals surface area contributed by atoms with E-state index in [1.54, 1.807) is 12.1 Å². The van der Waals surface area contributed by atoms with Crippen molar-refractivity contribution in [2.45, 2.75) is 29.9 Å². The number of aliphatic hydroxyl groups excluding tert-OH is 1. The Morgan fingerprint density at radius 1 is 1.38 bits per heavy atom. The Morgan fingerprint density at radius 2 is 2.10 bits per heavy atom. The molecular formula is C14H24N2O3S2. The van der Waals surface area contributed by atoms with E-state index in [9.17, 15) is 8.42 Å². The van der Waals surface area contributed by atoms with E-state index in [0.29, 0.717) is 23.1 Å². The van der Waals surface area contributed by atoms with E-state index in [2.05, 4.69) is 16.7 Å². The summed E-state index contributed by atoms with van der Waals surface area (Å²) in [7, 11) is -1.27. The summed E-state index contributed by atoms with van der Waals surface area (Å²) in [6, 6.07) is 3.39. The average molecular weight is 332 g/mol. The van der Waals surface area contributed by atoms with E-state index in [1.165, 1.54) is 11.3 Å². The minimum atomic E-state index is -3.39. The standard InChI is InChI=1S/C14H24N2O3S2/c1-16-9-5-12(6-10-16)4-8-15-21(18,19)14-3-2-13(20-14)7-11-17/h2-3,12,15,17H,4-11H2,1H3. The fourth-order valence-electron chi connectivity index (χ4n) is 2.57. The van der Waals surface area contributed by atoms with Gasteiger partial charge in [-0.05, 0) is 57.5 Å². The average Bonchev–Trinajstić information content (AvgIpc) is 2.91. The van der Waals surface area contributed by atoms with E-state index in [-0.39, 0.29) is 6.61 Å². The molecule has 0 amide bonds. The molecule has 7 heteroatoms. The van der Waals surface area contributed by atoms with Crippen molar-refractivity contribution in [3.63, 3.8) is 0 Å². The largest absolute Gasteiger partial charge is 0.396 e. The van der Waals surface area contributed by atoms with Gasteiger partial charge < -0.3 is 10.0 Å². The number of sulfonamides is 1. The monoisotopic (exact) mass is 332 g/mol. The molecule has 1 fully saturated rings. The molecule has 0 saturated carbocycles. The first-order valence-corrected chi connectivity index (χ1v) is 9.69. The molecule has 2 rings (SSSR count). The van der Waals surface area contributed by atoms with Gasteiger partial charge in [0, 0.05) is 24.4 Å². The van der Waals surface area contributed by atoms with Crippen LogP contribution >= 0.6 is 11.3 Å². The van der Waals surface area contributed by atoms with Gasteiger partial charge in [0.2, 0.25) is 10.0 Å². The summed E-state index contributed by atoms with van der Waals surface area (Å²) in [5.74, 6) is 0.622. The Morgan fingerprint density at radius 3 is 2.76 bits per heavy atom. The van der Waals surface area contributed by atoms with Gasteiger partial charge >= 0.3 is 0 Å². The molecule has 1 aliphatic rings. The van der Waals surface area contributed by atoms with Crippen LogP contribution in [0.4, 0.5) is 0 Å². The van der Waals surface area contributed by atoms with Crippen molar-refractivity contribution in [3.05, 3.63) is 17.0 Å². The first kappa shape index (κ1) is 16.9. The van der Waals surface area contributed by atoms with E-state index in [1.807, 2.05) is 0 Å². The maximum absolute atomic E-state index is 12.2. The molecule has 0 unspecified atom stereocenters. The zero-order valence-electron chi connectivity index (χ0n) is 12.4. The molecular weight excluding hydrogens is 308 g/mol. The van der Waals surface area contributed by atoms with Gasteiger partial charge in [0.15, 0.2) is 0 Å². The molecule has 0 aliphatic carbocycles. The molecule has 2 heterocycles. The van der Waals surface area contributed by atoms with Gasteiger partial charge in [-0.2, -0.15) is 0 Å². The minimum Gasteiger partial charge on any atom is -0.396 e. The van der Waals surface area contributed by atoms with Crippen LogP contribution in [-0.2, 0) is 16.4 Å².